The number of pyridine rings is 1. The number of nitrogens with zero attached hydrogens (tertiary/aromatic N) is 7. The first-order valence-corrected chi connectivity index (χ1v) is 16.0. The van der Waals surface area contributed by atoms with Crippen LogP contribution in [-0.4, -0.2) is 132 Å². The molecule has 2 fully saturated rings. The van der Waals surface area contributed by atoms with Crippen LogP contribution < -0.4 is 5.32 Å². The van der Waals surface area contributed by atoms with Crippen LogP contribution >= 0.6 is 11.8 Å². The van der Waals surface area contributed by atoms with Crippen molar-refractivity contribution < 1.29 is 58.1 Å². The van der Waals surface area contributed by atoms with Crippen molar-refractivity contribution in [2.45, 2.75) is 66.5 Å². The van der Waals surface area contributed by atoms with Gasteiger partial charge in [-0.2, -0.15) is 0 Å². The molecule has 0 aliphatic carbocycles. The van der Waals surface area contributed by atoms with Crippen LogP contribution in [0.3, 0.4) is 0 Å². The first-order valence-electron chi connectivity index (χ1n) is 15.0. The number of amides is 1. The second kappa shape index (κ2) is 14.7. The number of aliphatic hydroxyl groups is 6. The molecule has 0 saturated carbocycles. The van der Waals surface area contributed by atoms with E-state index in [0.717, 1.165) is 22.6 Å². The monoisotopic (exact) mass is 724 g/mol. The van der Waals surface area contributed by atoms with Crippen molar-refractivity contribution in [1.82, 2.24) is 35.0 Å². The lowest BCUT2D eigenvalue weighted by Crippen LogP contribution is -2.58. The van der Waals surface area contributed by atoms with Gasteiger partial charge in [0, 0.05) is 24.2 Å². The number of rotatable bonds is 9. The number of carbonyl (C=O) groups excluding carboxylic acids is 1. The molecule has 21 heteroatoms. The molecule has 0 radical (unpaired) electrons. The molecular weight excluding hydrogens is 693 g/mol. The predicted octanol–water partition coefficient (Wildman–Crippen LogP) is -0.632. The van der Waals surface area contributed by atoms with Crippen LogP contribution in [0.4, 0.5) is 19.0 Å². The second-order valence-corrected chi connectivity index (χ2v) is 12.8. The molecule has 17 nitrogen and oxygen atoms in total. The highest BCUT2D eigenvalue weighted by Crippen LogP contribution is 2.42. The van der Waals surface area contributed by atoms with Gasteiger partial charge in [-0.3, -0.25) is 4.79 Å². The average molecular weight is 725 g/mol. The number of nitrogens with one attached hydrogen (secondary N) is 1. The SMILES string of the molecule is CC(=O)Nc1ccc(-c2cn(C3C(O)[C@@H](CO)O[C@@H](S[C@@H]4OC(CO)[C@H](O)C(n5cc(-c6cc(F)c(F)c(F)c6)nn5)[C@@H]4O)[C@@H]3O)nn2)cn1. The molecule has 268 valence electrons. The lowest BCUT2D eigenvalue weighted by Gasteiger charge is -2.46. The Balaban J connectivity index is 1.23. The van der Waals surface area contributed by atoms with Crippen LogP contribution in [0.5, 0.6) is 0 Å². The van der Waals surface area contributed by atoms with E-state index in [1.54, 1.807) is 12.1 Å². The number of hydrogen-bond donors (Lipinski definition) is 7. The van der Waals surface area contributed by atoms with Crippen LogP contribution in [0.2, 0.25) is 0 Å². The van der Waals surface area contributed by atoms with Crippen molar-refractivity contribution in [3.8, 4) is 22.5 Å². The van der Waals surface area contributed by atoms with Crippen molar-refractivity contribution in [2.75, 3.05) is 18.5 Å². The summed E-state index contributed by atoms with van der Waals surface area (Å²) in [7, 11) is 0. The van der Waals surface area contributed by atoms with Gasteiger partial charge in [0.05, 0.1) is 25.6 Å². The predicted molar refractivity (Wildman–Crippen MR) is 164 cm³/mol. The van der Waals surface area contributed by atoms with Gasteiger partial charge in [-0.15, -0.1) is 10.2 Å². The molecule has 3 aromatic heterocycles. The average Bonchev–Trinajstić information content (AvgIpc) is 3.77. The van der Waals surface area contributed by atoms with Crippen LogP contribution in [0.25, 0.3) is 22.5 Å². The van der Waals surface area contributed by atoms with Crippen molar-refractivity contribution in [2.24, 2.45) is 0 Å². The van der Waals surface area contributed by atoms with Gasteiger partial charge in [-0.25, -0.2) is 27.5 Å². The number of halogens is 3. The van der Waals surface area contributed by atoms with Gasteiger partial charge in [0.15, 0.2) is 17.5 Å². The zero-order valence-electron chi connectivity index (χ0n) is 25.8. The Labute approximate surface area is 284 Å². The minimum absolute atomic E-state index is 0.126. The number of aromatic nitrogens is 7. The number of carbonyl (C=O) groups is 1. The van der Waals surface area contributed by atoms with Crippen molar-refractivity contribution in [3.05, 3.63) is 60.3 Å². The maximum atomic E-state index is 13.9. The summed E-state index contributed by atoms with van der Waals surface area (Å²) in [5.74, 6) is -4.61. The highest BCUT2D eigenvalue weighted by molar-refractivity contribution is 8.00. The fraction of sp³-hybridized carbons (Fsp3) is 0.448. The molecule has 1 aromatic carbocycles. The van der Waals surface area contributed by atoms with Crippen molar-refractivity contribution >= 4 is 23.5 Å². The lowest BCUT2D eigenvalue weighted by atomic mass is 9.97. The summed E-state index contributed by atoms with van der Waals surface area (Å²) in [4.78, 5) is 15.4. The Morgan fingerprint density at radius 2 is 1.32 bits per heavy atom. The summed E-state index contributed by atoms with van der Waals surface area (Å²) < 4.78 is 55.0. The summed E-state index contributed by atoms with van der Waals surface area (Å²) >= 11 is 0.718. The maximum absolute atomic E-state index is 13.9. The van der Waals surface area contributed by atoms with Gasteiger partial charge < -0.3 is 45.4 Å². The maximum Gasteiger partial charge on any atom is 0.222 e. The van der Waals surface area contributed by atoms with E-state index in [1.165, 1.54) is 24.0 Å². The molecule has 2 saturated heterocycles. The number of anilines is 1. The fourth-order valence-electron chi connectivity index (χ4n) is 5.73. The number of hydrogen-bond acceptors (Lipinski definition) is 15. The Morgan fingerprint density at radius 1 is 0.820 bits per heavy atom. The van der Waals surface area contributed by atoms with Gasteiger partial charge in [0.2, 0.25) is 5.91 Å². The minimum Gasteiger partial charge on any atom is -0.394 e. The summed E-state index contributed by atoms with van der Waals surface area (Å²) in [6.07, 6.45) is -4.85. The van der Waals surface area contributed by atoms with Gasteiger partial charge >= 0.3 is 0 Å². The largest absolute Gasteiger partial charge is 0.394 e. The smallest absolute Gasteiger partial charge is 0.222 e. The summed E-state index contributed by atoms with van der Waals surface area (Å²) in [5, 5.41) is 83.3. The molecule has 50 heavy (non-hydrogen) atoms. The molecular formula is C29H31F3N8O9S. The number of thioether (sulfide) groups is 1. The molecule has 6 rings (SSSR count). The first-order chi connectivity index (χ1) is 23.9. The summed E-state index contributed by atoms with van der Waals surface area (Å²) in [5.41, 5.74) is -2.16. The lowest BCUT2D eigenvalue weighted by molar-refractivity contribution is -0.189. The first kappa shape index (κ1) is 35.8. The molecule has 1 amide bonds. The number of aliphatic hydroxyl groups excluding tert-OH is 6. The highest BCUT2D eigenvalue weighted by atomic mass is 32.2. The van der Waals surface area contributed by atoms with Crippen LogP contribution in [-0.2, 0) is 14.3 Å². The molecule has 5 heterocycles. The van der Waals surface area contributed by atoms with E-state index in [9.17, 15) is 48.6 Å². The van der Waals surface area contributed by atoms with Crippen LogP contribution in [0, 0.1) is 17.5 Å². The summed E-state index contributed by atoms with van der Waals surface area (Å²) in [6, 6.07) is 1.95. The minimum atomic E-state index is -1.68. The molecule has 7 N–H and O–H groups in total. The molecule has 0 bridgehead atoms. The zero-order valence-corrected chi connectivity index (χ0v) is 26.6. The van der Waals surface area contributed by atoms with E-state index in [2.05, 4.69) is 30.9 Å². The standard InChI is InChI=1S/C29H31F3N8O9S/c1-11(43)34-20-3-2-12(6-33-20)16-7-39(37-35-16)22-24(44)18(9-41)48-28(26(22)46)50-29-27(47)23(25(45)19(10-42)49-29)40-8-17(36-38-40)13-4-14(30)21(32)15(31)5-13/h2-8,18-19,22-29,41-42,44-47H,9-10H2,1H3,(H,33,34,43)/t18-,19?,22?,23?,24?,25+,26-,27+,28+,29+/m1/s1. The van der Waals surface area contributed by atoms with Crippen LogP contribution in [0.1, 0.15) is 19.0 Å². The third-order valence-electron chi connectivity index (χ3n) is 8.24. The van der Waals surface area contributed by atoms with Crippen molar-refractivity contribution in [1.29, 1.82) is 0 Å². The van der Waals surface area contributed by atoms with Crippen LogP contribution in [0.15, 0.2) is 42.9 Å². The van der Waals surface area contributed by atoms with E-state index < -0.39 is 90.2 Å². The molecule has 4 unspecified atom stereocenters. The van der Waals surface area contributed by atoms with E-state index in [1.807, 2.05) is 0 Å². The molecule has 10 atom stereocenters. The quantitative estimate of drug-likeness (QED) is 0.106. The zero-order chi connectivity index (χ0) is 35.9. The van der Waals surface area contributed by atoms with Gasteiger partial charge in [0.25, 0.3) is 0 Å². The number of ether oxygens (including phenoxy) is 2. The van der Waals surface area contributed by atoms with E-state index in [-0.39, 0.29) is 17.2 Å². The Kier molecular flexibility index (Phi) is 10.5. The van der Waals surface area contributed by atoms with E-state index in [4.69, 9.17) is 9.47 Å². The van der Waals surface area contributed by atoms with E-state index >= 15 is 0 Å². The molecule has 4 aromatic rings. The molecule has 2 aliphatic heterocycles. The highest BCUT2D eigenvalue weighted by Gasteiger charge is 2.51. The van der Waals surface area contributed by atoms with E-state index in [0.29, 0.717) is 29.2 Å². The molecule has 2 aliphatic rings. The third-order valence-corrected chi connectivity index (χ3v) is 9.56. The van der Waals surface area contributed by atoms with Gasteiger partial charge in [0.1, 0.15) is 76.8 Å². The Hall–Kier alpha value is -4.06. The topological polar surface area (TPSA) is 243 Å². The van der Waals surface area contributed by atoms with Gasteiger partial charge in [-0.1, -0.05) is 22.2 Å². The Bertz CT molecular complexity index is 1800. The fourth-order valence-corrected chi connectivity index (χ4v) is 7.05. The van der Waals surface area contributed by atoms with Crippen molar-refractivity contribution in [3.63, 3.8) is 0 Å². The number of benzene rings is 1. The third kappa shape index (κ3) is 6.95. The van der Waals surface area contributed by atoms with Gasteiger partial charge in [-0.05, 0) is 24.3 Å². The Morgan fingerprint density at radius 3 is 1.76 bits per heavy atom. The molecule has 0 spiro atoms. The normalized spacial score (nSPS) is 30.0. The summed E-state index contributed by atoms with van der Waals surface area (Å²) in [6.45, 7) is -0.0741. The second-order valence-electron chi connectivity index (χ2n) is 11.6.